The first-order valence-corrected chi connectivity index (χ1v) is 5.23. The standard InChI is InChI=1S/C10H9N7O/c1-5-11-7-3-2-6(4-8(7)12-5)13-10(18)9-14-16-17-15-9/h2-4H,1H3,(H,11,12)(H,13,18)(H,14,15,16,17). The zero-order chi connectivity index (χ0) is 12.5. The van der Waals surface area contributed by atoms with E-state index >= 15 is 0 Å². The number of aromatic amines is 2. The monoisotopic (exact) mass is 243 g/mol. The Labute approximate surface area is 101 Å². The Hall–Kier alpha value is -2.77. The van der Waals surface area contributed by atoms with Gasteiger partial charge in [-0.05, 0) is 30.3 Å². The van der Waals surface area contributed by atoms with Gasteiger partial charge >= 0.3 is 0 Å². The number of carbonyl (C=O) groups excluding carboxylic acids is 1. The number of hydrogen-bond acceptors (Lipinski definition) is 5. The summed E-state index contributed by atoms with van der Waals surface area (Å²) in [5.41, 5.74) is 2.35. The summed E-state index contributed by atoms with van der Waals surface area (Å²) in [6, 6.07) is 5.39. The first-order valence-electron chi connectivity index (χ1n) is 5.23. The first kappa shape index (κ1) is 10.4. The molecule has 0 spiro atoms. The topological polar surface area (TPSA) is 112 Å². The number of nitrogens with zero attached hydrogens (tertiary/aromatic N) is 4. The Morgan fingerprint density at radius 2 is 2.28 bits per heavy atom. The number of aryl methyl sites for hydroxylation is 1. The molecule has 0 saturated carbocycles. The highest BCUT2D eigenvalue weighted by molar-refractivity contribution is 6.02. The fourth-order valence-electron chi connectivity index (χ4n) is 1.66. The number of anilines is 1. The number of rotatable bonds is 2. The van der Waals surface area contributed by atoms with Crippen LogP contribution in [0.1, 0.15) is 16.4 Å². The number of aromatic nitrogens is 6. The number of carbonyl (C=O) groups is 1. The van der Waals surface area contributed by atoms with Crippen LogP contribution in [0.2, 0.25) is 0 Å². The third-order valence-corrected chi connectivity index (χ3v) is 2.41. The normalized spacial score (nSPS) is 10.7. The highest BCUT2D eigenvalue weighted by Crippen LogP contribution is 2.17. The summed E-state index contributed by atoms with van der Waals surface area (Å²) in [4.78, 5) is 19.1. The van der Waals surface area contributed by atoms with Gasteiger partial charge in [0.2, 0.25) is 0 Å². The van der Waals surface area contributed by atoms with E-state index in [1.54, 1.807) is 12.1 Å². The summed E-state index contributed by atoms with van der Waals surface area (Å²) in [6.07, 6.45) is 0. The molecule has 18 heavy (non-hydrogen) atoms. The SMILES string of the molecule is Cc1nc2ccc(NC(=O)c3nn[nH]n3)cc2[nH]1. The number of H-pyrrole nitrogens is 2. The molecule has 0 aliphatic carbocycles. The van der Waals surface area contributed by atoms with Crippen molar-refractivity contribution in [3.8, 4) is 0 Å². The zero-order valence-corrected chi connectivity index (χ0v) is 9.43. The summed E-state index contributed by atoms with van der Waals surface area (Å²) in [7, 11) is 0. The molecular weight excluding hydrogens is 234 g/mol. The fraction of sp³-hybridized carbons (Fsp3) is 0.100. The van der Waals surface area contributed by atoms with E-state index in [2.05, 4.69) is 35.9 Å². The van der Waals surface area contributed by atoms with E-state index in [0.29, 0.717) is 5.69 Å². The van der Waals surface area contributed by atoms with E-state index in [9.17, 15) is 4.79 Å². The number of hydrogen-bond donors (Lipinski definition) is 3. The summed E-state index contributed by atoms with van der Waals surface area (Å²) in [5.74, 6) is 0.405. The maximum Gasteiger partial charge on any atom is 0.297 e. The maximum absolute atomic E-state index is 11.7. The minimum Gasteiger partial charge on any atom is -0.342 e. The smallest absolute Gasteiger partial charge is 0.297 e. The summed E-state index contributed by atoms with van der Waals surface area (Å²) in [5, 5.41) is 15.4. The van der Waals surface area contributed by atoms with Crippen LogP contribution in [-0.2, 0) is 0 Å². The first-order chi connectivity index (χ1) is 8.72. The Kier molecular flexibility index (Phi) is 2.26. The van der Waals surface area contributed by atoms with Gasteiger partial charge in [0.05, 0.1) is 11.0 Å². The maximum atomic E-state index is 11.7. The van der Waals surface area contributed by atoms with Gasteiger partial charge in [-0.2, -0.15) is 5.21 Å². The lowest BCUT2D eigenvalue weighted by Gasteiger charge is -2.01. The van der Waals surface area contributed by atoms with Crippen LogP contribution in [0, 0.1) is 6.92 Å². The Balaban J connectivity index is 1.88. The quantitative estimate of drug-likeness (QED) is 0.611. The van der Waals surface area contributed by atoms with Crippen LogP contribution in [0.15, 0.2) is 18.2 Å². The van der Waals surface area contributed by atoms with Gasteiger partial charge < -0.3 is 10.3 Å². The zero-order valence-electron chi connectivity index (χ0n) is 9.43. The van der Waals surface area contributed by atoms with E-state index in [0.717, 1.165) is 16.9 Å². The van der Waals surface area contributed by atoms with Crippen molar-refractivity contribution < 1.29 is 4.79 Å². The van der Waals surface area contributed by atoms with Crippen molar-refractivity contribution in [1.29, 1.82) is 0 Å². The van der Waals surface area contributed by atoms with Crippen molar-refractivity contribution in [1.82, 2.24) is 30.6 Å². The number of fused-ring (bicyclic) bond motifs is 1. The molecule has 1 amide bonds. The lowest BCUT2D eigenvalue weighted by molar-refractivity contribution is 0.101. The fourth-order valence-corrected chi connectivity index (χ4v) is 1.66. The molecule has 0 fully saturated rings. The van der Waals surface area contributed by atoms with Gasteiger partial charge in [-0.1, -0.05) is 0 Å². The van der Waals surface area contributed by atoms with Gasteiger partial charge in [-0.15, -0.1) is 10.2 Å². The van der Waals surface area contributed by atoms with Gasteiger partial charge in [0.25, 0.3) is 11.7 Å². The molecule has 3 rings (SSSR count). The number of tetrazole rings is 1. The van der Waals surface area contributed by atoms with E-state index in [1.165, 1.54) is 0 Å². The van der Waals surface area contributed by atoms with Crippen molar-refractivity contribution in [2.45, 2.75) is 6.92 Å². The van der Waals surface area contributed by atoms with Crippen molar-refractivity contribution in [3.63, 3.8) is 0 Å². The molecule has 90 valence electrons. The lowest BCUT2D eigenvalue weighted by Crippen LogP contribution is -2.13. The number of nitrogens with one attached hydrogen (secondary N) is 3. The Bertz CT molecular complexity index is 700. The molecule has 0 aliphatic heterocycles. The average molecular weight is 243 g/mol. The van der Waals surface area contributed by atoms with Crippen LogP contribution < -0.4 is 5.32 Å². The van der Waals surface area contributed by atoms with Crippen LogP contribution >= 0.6 is 0 Å². The average Bonchev–Trinajstić information content (AvgIpc) is 2.95. The molecule has 0 bridgehead atoms. The third-order valence-electron chi connectivity index (χ3n) is 2.41. The number of amides is 1. The van der Waals surface area contributed by atoms with Crippen LogP contribution in [0.3, 0.4) is 0 Å². The minimum atomic E-state index is -0.417. The molecule has 0 radical (unpaired) electrons. The van der Waals surface area contributed by atoms with Crippen molar-refractivity contribution in [3.05, 3.63) is 29.8 Å². The second kappa shape index (κ2) is 3.91. The van der Waals surface area contributed by atoms with Crippen LogP contribution in [-0.4, -0.2) is 36.5 Å². The van der Waals surface area contributed by atoms with Crippen LogP contribution in [0.4, 0.5) is 5.69 Å². The second-order valence-electron chi connectivity index (χ2n) is 3.74. The van der Waals surface area contributed by atoms with E-state index in [-0.39, 0.29) is 5.82 Å². The molecule has 0 aliphatic rings. The van der Waals surface area contributed by atoms with E-state index in [1.807, 2.05) is 13.0 Å². The number of imidazole rings is 1. The van der Waals surface area contributed by atoms with Crippen LogP contribution in [0.5, 0.6) is 0 Å². The predicted octanol–water partition coefficient (Wildman–Crippen LogP) is 0.637. The molecule has 1 aromatic carbocycles. The highest BCUT2D eigenvalue weighted by atomic mass is 16.2. The highest BCUT2D eigenvalue weighted by Gasteiger charge is 2.11. The lowest BCUT2D eigenvalue weighted by atomic mass is 10.2. The third kappa shape index (κ3) is 1.79. The summed E-state index contributed by atoms with van der Waals surface area (Å²) < 4.78 is 0. The molecule has 3 N–H and O–H groups in total. The largest absolute Gasteiger partial charge is 0.342 e. The van der Waals surface area contributed by atoms with E-state index < -0.39 is 5.91 Å². The van der Waals surface area contributed by atoms with Crippen molar-refractivity contribution >= 4 is 22.6 Å². The summed E-state index contributed by atoms with van der Waals surface area (Å²) in [6.45, 7) is 1.87. The van der Waals surface area contributed by atoms with Gasteiger partial charge in [-0.3, -0.25) is 4.79 Å². The molecular formula is C10H9N7O. The molecule has 8 nitrogen and oxygen atoms in total. The van der Waals surface area contributed by atoms with Crippen molar-refractivity contribution in [2.24, 2.45) is 0 Å². The van der Waals surface area contributed by atoms with Crippen molar-refractivity contribution in [2.75, 3.05) is 5.32 Å². The Morgan fingerprint density at radius 1 is 1.39 bits per heavy atom. The molecule has 0 unspecified atom stereocenters. The molecule has 0 atom stereocenters. The molecule has 3 aromatic rings. The van der Waals surface area contributed by atoms with Gasteiger partial charge in [-0.25, -0.2) is 4.98 Å². The molecule has 8 heteroatoms. The Morgan fingerprint density at radius 3 is 3.06 bits per heavy atom. The van der Waals surface area contributed by atoms with Gasteiger partial charge in [0.1, 0.15) is 5.82 Å². The van der Waals surface area contributed by atoms with Gasteiger partial charge in [0.15, 0.2) is 0 Å². The predicted molar refractivity (Wildman–Crippen MR) is 63.0 cm³/mol. The van der Waals surface area contributed by atoms with E-state index in [4.69, 9.17) is 0 Å². The second-order valence-corrected chi connectivity index (χ2v) is 3.74. The van der Waals surface area contributed by atoms with Gasteiger partial charge in [0, 0.05) is 5.69 Å². The van der Waals surface area contributed by atoms with Crippen LogP contribution in [0.25, 0.3) is 11.0 Å². The molecule has 2 aromatic heterocycles. The molecule has 2 heterocycles. The summed E-state index contributed by atoms with van der Waals surface area (Å²) >= 11 is 0. The number of benzene rings is 1. The molecule has 0 saturated heterocycles. The minimum absolute atomic E-state index is 0.00381.